The van der Waals surface area contributed by atoms with Gasteiger partial charge in [-0.3, -0.25) is 9.59 Å². The molecule has 9 heteroatoms. The maximum atomic E-state index is 12.0. The van der Waals surface area contributed by atoms with Crippen LogP contribution in [0.15, 0.2) is 0 Å². The van der Waals surface area contributed by atoms with Crippen LogP contribution < -0.4 is 10.6 Å². The van der Waals surface area contributed by atoms with E-state index in [0.29, 0.717) is 19.4 Å². The number of amides is 2. The summed E-state index contributed by atoms with van der Waals surface area (Å²) in [6.45, 7) is 4.89. The molecule has 0 bridgehead atoms. The molecule has 2 rings (SSSR count). The highest BCUT2D eigenvalue weighted by Gasteiger charge is 2.19. The summed E-state index contributed by atoms with van der Waals surface area (Å²) in [6.07, 6.45) is 0.915. The summed E-state index contributed by atoms with van der Waals surface area (Å²) in [7, 11) is 2.07. The predicted molar refractivity (Wildman–Crippen MR) is 99.9 cm³/mol. The molecule has 6 nitrogen and oxygen atoms in total. The van der Waals surface area contributed by atoms with Gasteiger partial charge in [-0.15, -0.1) is 24.8 Å². The molecule has 2 amide bonds. The summed E-state index contributed by atoms with van der Waals surface area (Å²) in [5.41, 5.74) is 0. The monoisotopic (exact) mass is 386 g/mol. The Morgan fingerprint density at radius 2 is 1.91 bits per heavy atom. The number of piperazine rings is 1. The van der Waals surface area contributed by atoms with E-state index in [9.17, 15) is 9.59 Å². The van der Waals surface area contributed by atoms with Crippen LogP contribution in [0.2, 0.25) is 0 Å². The van der Waals surface area contributed by atoms with Gasteiger partial charge >= 0.3 is 0 Å². The summed E-state index contributed by atoms with van der Waals surface area (Å²) < 4.78 is 0. The quantitative estimate of drug-likeness (QED) is 0.706. The Kier molecular flexibility index (Phi) is 12.1. The molecule has 23 heavy (non-hydrogen) atoms. The van der Waals surface area contributed by atoms with Crippen molar-refractivity contribution in [3.8, 4) is 0 Å². The molecule has 2 aliphatic rings. The molecule has 0 aromatic heterocycles. The Morgan fingerprint density at radius 1 is 1.22 bits per heavy atom. The lowest BCUT2D eigenvalue weighted by Gasteiger charge is -2.32. The van der Waals surface area contributed by atoms with Crippen LogP contribution in [0.3, 0.4) is 0 Å². The fourth-order valence-electron chi connectivity index (χ4n) is 2.57. The van der Waals surface area contributed by atoms with Crippen LogP contribution in [0.25, 0.3) is 0 Å². The molecule has 1 unspecified atom stereocenters. The van der Waals surface area contributed by atoms with Crippen LogP contribution >= 0.6 is 36.6 Å². The van der Waals surface area contributed by atoms with Crippen molar-refractivity contribution in [1.82, 2.24) is 20.4 Å². The highest BCUT2D eigenvalue weighted by Crippen LogP contribution is 2.10. The third-order valence-corrected chi connectivity index (χ3v) is 5.08. The lowest BCUT2D eigenvalue weighted by atomic mass is 10.2. The summed E-state index contributed by atoms with van der Waals surface area (Å²) >= 11 is 1.89. The summed E-state index contributed by atoms with van der Waals surface area (Å²) in [5.74, 6) is 2.31. The van der Waals surface area contributed by atoms with E-state index in [-0.39, 0.29) is 42.7 Å². The SMILES string of the molecule is CN1CCN(C(=O)CCNC(=O)CC2CSCCN2)CC1.Cl.Cl. The van der Waals surface area contributed by atoms with E-state index in [1.54, 1.807) is 0 Å². The predicted octanol–water partition coefficient (Wildman–Crippen LogP) is 0.205. The fraction of sp³-hybridized carbons (Fsp3) is 0.857. The van der Waals surface area contributed by atoms with E-state index in [4.69, 9.17) is 0 Å². The maximum Gasteiger partial charge on any atom is 0.224 e. The first-order chi connectivity index (χ1) is 10.1. The van der Waals surface area contributed by atoms with E-state index in [1.165, 1.54) is 0 Å². The van der Waals surface area contributed by atoms with Gasteiger partial charge in [0.1, 0.15) is 0 Å². The largest absolute Gasteiger partial charge is 0.356 e. The summed E-state index contributed by atoms with van der Waals surface area (Å²) in [4.78, 5) is 28.0. The molecule has 2 N–H and O–H groups in total. The van der Waals surface area contributed by atoms with E-state index in [0.717, 1.165) is 44.2 Å². The van der Waals surface area contributed by atoms with Crippen molar-refractivity contribution in [2.45, 2.75) is 18.9 Å². The van der Waals surface area contributed by atoms with E-state index in [2.05, 4.69) is 22.6 Å². The Hall–Kier alpha value is -0.210. The zero-order valence-electron chi connectivity index (χ0n) is 13.6. The molecular weight excluding hydrogens is 359 g/mol. The van der Waals surface area contributed by atoms with Crippen LogP contribution in [0.5, 0.6) is 0 Å². The summed E-state index contributed by atoms with van der Waals surface area (Å²) in [6, 6.07) is 0.275. The molecule has 0 spiro atoms. The minimum atomic E-state index is 0. The molecule has 0 aromatic rings. The van der Waals surface area contributed by atoms with Crippen LogP contribution in [-0.2, 0) is 9.59 Å². The van der Waals surface area contributed by atoms with Gasteiger partial charge in [0.2, 0.25) is 11.8 Å². The number of likely N-dealkylation sites (N-methyl/N-ethyl adjacent to an activating group) is 1. The molecule has 2 aliphatic heterocycles. The minimum absolute atomic E-state index is 0. The molecule has 136 valence electrons. The Bertz CT molecular complexity index is 363. The van der Waals surface area contributed by atoms with Gasteiger partial charge in [-0.1, -0.05) is 0 Å². The molecule has 0 radical (unpaired) electrons. The number of carbonyl (C=O) groups is 2. The molecular formula is C14H28Cl2N4O2S. The number of thioether (sulfide) groups is 1. The van der Waals surface area contributed by atoms with Gasteiger partial charge in [0, 0.05) is 69.7 Å². The first kappa shape index (κ1) is 22.8. The number of rotatable bonds is 5. The first-order valence-corrected chi connectivity index (χ1v) is 8.85. The van der Waals surface area contributed by atoms with Crippen LogP contribution in [0, 0.1) is 0 Å². The zero-order chi connectivity index (χ0) is 15.1. The average Bonchev–Trinajstić information content (AvgIpc) is 2.49. The normalized spacial score (nSPS) is 21.8. The van der Waals surface area contributed by atoms with Gasteiger partial charge in [0.15, 0.2) is 0 Å². The number of halogens is 2. The lowest BCUT2D eigenvalue weighted by Crippen LogP contribution is -2.47. The molecule has 0 aromatic carbocycles. The average molecular weight is 387 g/mol. The third-order valence-electron chi connectivity index (χ3n) is 3.95. The third kappa shape index (κ3) is 8.44. The molecule has 0 saturated carbocycles. The van der Waals surface area contributed by atoms with E-state index in [1.807, 2.05) is 16.7 Å². The van der Waals surface area contributed by atoms with Crippen molar-refractivity contribution in [3.63, 3.8) is 0 Å². The highest BCUT2D eigenvalue weighted by atomic mass is 35.5. The molecule has 2 heterocycles. The molecule has 2 saturated heterocycles. The van der Waals surface area contributed by atoms with E-state index < -0.39 is 0 Å². The zero-order valence-corrected chi connectivity index (χ0v) is 16.0. The topological polar surface area (TPSA) is 64.7 Å². The van der Waals surface area contributed by atoms with Gasteiger partial charge in [0.25, 0.3) is 0 Å². The van der Waals surface area contributed by atoms with Crippen LogP contribution in [-0.4, -0.2) is 85.5 Å². The second-order valence-electron chi connectivity index (χ2n) is 5.71. The van der Waals surface area contributed by atoms with Gasteiger partial charge in [-0.05, 0) is 7.05 Å². The number of carbonyl (C=O) groups excluding carboxylic acids is 2. The van der Waals surface area contributed by atoms with Crippen LogP contribution in [0.1, 0.15) is 12.8 Å². The summed E-state index contributed by atoms with van der Waals surface area (Å²) in [5, 5.41) is 6.21. The number of hydrogen-bond acceptors (Lipinski definition) is 5. The van der Waals surface area contributed by atoms with Crippen molar-refractivity contribution in [1.29, 1.82) is 0 Å². The standard InChI is InChI=1S/C14H26N4O2S.2ClH/c1-17-5-7-18(8-6-17)14(20)2-3-16-13(19)10-12-11-21-9-4-15-12;;/h12,15H,2-11H2,1H3,(H,16,19);2*1H. The maximum absolute atomic E-state index is 12.0. The lowest BCUT2D eigenvalue weighted by molar-refractivity contribution is -0.132. The number of nitrogens with zero attached hydrogens (tertiary/aromatic N) is 2. The van der Waals surface area contributed by atoms with Crippen LogP contribution in [0.4, 0.5) is 0 Å². The van der Waals surface area contributed by atoms with Gasteiger partial charge < -0.3 is 20.4 Å². The second-order valence-corrected chi connectivity index (χ2v) is 6.86. The van der Waals surface area contributed by atoms with Crippen molar-refractivity contribution < 1.29 is 9.59 Å². The van der Waals surface area contributed by atoms with Crippen molar-refractivity contribution >= 4 is 48.4 Å². The van der Waals surface area contributed by atoms with E-state index >= 15 is 0 Å². The first-order valence-electron chi connectivity index (χ1n) is 7.69. The van der Waals surface area contributed by atoms with Gasteiger partial charge in [-0.2, -0.15) is 11.8 Å². The molecule has 0 aliphatic carbocycles. The molecule has 1 atom stereocenters. The molecule has 2 fully saturated rings. The van der Waals surface area contributed by atoms with Gasteiger partial charge in [-0.25, -0.2) is 0 Å². The highest BCUT2D eigenvalue weighted by molar-refractivity contribution is 7.99. The minimum Gasteiger partial charge on any atom is -0.356 e. The van der Waals surface area contributed by atoms with Crippen molar-refractivity contribution in [2.24, 2.45) is 0 Å². The number of hydrogen-bond donors (Lipinski definition) is 2. The Balaban J connectivity index is 0.00000242. The second kappa shape index (κ2) is 12.2. The smallest absolute Gasteiger partial charge is 0.224 e. The van der Waals surface area contributed by atoms with Crippen molar-refractivity contribution in [2.75, 3.05) is 57.8 Å². The fourth-order valence-corrected chi connectivity index (χ4v) is 3.52. The Labute approximate surface area is 155 Å². The number of nitrogens with one attached hydrogen (secondary N) is 2. The van der Waals surface area contributed by atoms with Crippen molar-refractivity contribution in [3.05, 3.63) is 0 Å². The van der Waals surface area contributed by atoms with Gasteiger partial charge in [0.05, 0.1) is 0 Å². The Morgan fingerprint density at radius 3 is 2.52 bits per heavy atom.